The standard InChI is InChI=1S/C16H28O3/c1-2-3-4-5-6-7-12-15(17)13-10-8-9-11-14(13)16(18)19/h13-14H,2-12H2,1H3,(H,18,19). The maximum Gasteiger partial charge on any atom is 0.307 e. The topological polar surface area (TPSA) is 54.4 Å². The molecule has 1 rings (SSSR count). The first-order valence-corrected chi connectivity index (χ1v) is 7.92. The fraction of sp³-hybridized carbons (Fsp3) is 0.875. The monoisotopic (exact) mass is 268 g/mol. The molecule has 3 heteroatoms. The zero-order valence-electron chi connectivity index (χ0n) is 12.2. The van der Waals surface area contributed by atoms with Crippen LogP contribution >= 0.6 is 0 Å². The Balaban J connectivity index is 2.25. The quantitative estimate of drug-likeness (QED) is 0.638. The molecule has 0 heterocycles. The summed E-state index contributed by atoms with van der Waals surface area (Å²) in [5.74, 6) is -1.20. The van der Waals surface area contributed by atoms with Crippen LogP contribution in [0.15, 0.2) is 0 Å². The molecule has 0 bridgehead atoms. The van der Waals surface area contributed by atoms with E-state index in [9.17, 15) is 14.7 Å². The maximum absolute atomic E-state index is 12.1. The zero-order valence-corrected chi connectivity index (χ0v) is 12.2. The lowest BCUT2D eigenvalue weighted by molar-refractivity contribution is -0.148. The Morgan fingerprint density at radius 2 is 1.53 bits per heavy atom. The van der Waals surface area contributed by atoms with E-state index in [0.29, 0.717) is 12.8 Å². The predicted molar refractivity (Wildman–Crippen MR) is 76.1 cm³/mol. The molecule has 0 aromatic carbocycles. The number of ketones is 1. The first-order chi connectivity index (χ1) is 9.16. The van der Waals surface area contributed by atoms with Crippen LogP contribution in [-0.2, 0) is 9.59 Å². The number of carbonyl (C=O) groups excluding carboxylic acids is 1. The molecule has 0 saturated heterocycles. The first-order valence-electron chi connectivity index (χ1n) is 7.92. The van der Waals surface area contributed by atoms with Gasteiger partial charge in [0.25, 0.3) is 0 Å². The average molecular weight is 268 g/mol. The third-order valence-corrected chi connectivity index (χ3v) is 4.27. The summed E-state index contributed by atoms with van der Waals surface area (Å²) in [7, 11) is 0. The highest BCUT2D eigenvalue weighted by atomic mass is 16.4. The van der Waals surface area contributed by atoms with Gasteiger partial charge in [-0.3, -0.25) is 9.59 Å². The largest absolute Gasteiger partial charge is 0.481 e. The molecular formula is C16H28O3. The van der Waals surface area contributed by atoms with Crippen molar-refractivity contribution >= 4 is 11.8 Å². The average Bonchev–Trinajstić information content (AvgIpc) is 2.42. The molecule has 19 heavy (non-hydrogen) atoms. The highest BCUT2D eigenvalue weighted by Crippen LogP contribution is 2.32. The predicted octanol–water partition coefficient (Wildman–Crippen LogP) is 4.20. The van der Waals surface area contributed by atoms with Gasteiger partial charge in [0, 0.05) is 12.3 Å². The van der Waals surface area contributed by atoms with E-state index in [1.54, 1.807) is 0 Å². The molecule has 1 aliphatic rings. The van der Waals surface area contributed by atoms with Gasteiger partial charge in [0.05, 0.1) is 5.92 Å². The van der Waals surface area contributed by atoms with E-state index in [4.69, 9.17) is 0 Å². The number of hydrogen-bond acceptors (Lipinski definition) is 2. The van der Waals surface area contributed by atoms with E-state index >= 15 is 0 Å². The van der Waals surface area contributed by atoms with E-state index in [-0.39, 0.29) is 11.7 Å². The van der Waals surface area contributed by atoms with Crippen LogP contribution in [0.3, 0.4) is 0 Å². The number of unbranched alkanes of at least 4 members (excludes halogenated alkanes) is 5. The molecule has 2 unspecified atom stereocenters. The second kappa shape index (κ2) is 9.11. The van der Waals surface area contributed by atoms with Crippen molar-refractivity contribution < 1.29 is 14.7 Å². The van der Waals surface area contributed by atoms with Crippen LogP contribution in [0.5, 0.6) is 0 Å². The summed E-state index contributed by atoms with van der Waals surface area (Å²) in [6, 6.07) is 0. The molecule has 110 valence electrons. The summed E-state index contributed by atoms with van der Waals surface area (Å²) in [5.41, 5.74) is 0. The number of rotatable bonds is 9. The third-order valence-electron chi connectivity index (χ3n) is 4.27. The number of carboxylic acid groups (broad SMARTS) is 1. The number of Topliss-reactive ketones (excluding diaryl/α,β-unsaturated/α-hetero) is 1. The van der Waals surface area contributed by atoms with E-state index < -0.39 is 11.9 Å². The number of carbonyl (C=O) groups is 2. The molecule has 3 nitrogen and oxygen atoms in total. The zero-order chi connectivity index (χ0) is 14.1. The van der Waals surface area contributed by atoms with Crippen molar-refractivity contribution in [2.75, 3.05) is 0 Å². The smallest absolute Gasteiger partial charge is 0.307 e. The second-order valence-electron chi connectivity index (χ2n) is 5.82. The van der Waals surface area contributed by atoms with Crippen molar-refractivity contribution in [2.24, 2.45) is 11.8 Å². The molecule has 1 N–H and O–H groups in total. The molecule has 0 radical (unpaired) electrons. The summed E-state index contributed by atoms with van der Waals surface area (Å²) in [6.45, 7) is 2.19. The van der Waals surface area contributed by atoms with Crippen molar-refractivity contribution in [1.82, 2.24) is 0 Å². The molecule has 0 spiro atoms. The molecule has 0 aromatic heterocycles. The van der Waals surface area contributed by atoms with Crippen LogP contribution in [0.4, 0.5) is 0 Å². The SMILES string of the molecule is CCCCCCCCC(=O)C1CCCCC1C(=O)O. The summed E-state index contributed by atoms with van der Waals surface area (Å²) >= 11 is 0. The van der Waals surface area contributed by atoms with E-state index in [2.05, 4.69) is 6.92 Å². The Labute approximate surface area is 116 Å². The Kier molecular flexibility index (Phi) is 7.76. The summed E-state index contributed by atoms with van der Waals surface area (Å²) in [4.78, 5) is 23.3. The minimum absolute atomic E-state index is 0.197. The summed E-state index contributed by atoms with van der Waals surface area (Å²) in [5, 5.41) is 9.17. The van der Waals surface area contributed by atoms with Gasteiger partial charge in [-0.1, -0.05) is 51.9 Å². The molecule has 0 aliphatic heterocycles. The Morgan fingerprint density at radius 1 is 0.947 bits per heavy atom. The second-order valence-corrected chi connectivity index (χ2v) is 5.82. The minimum Gasteiger partial charge on any atom is -0.481 e. The molecule has 1 saturated carbocycles. The lowest BCUT2D eigenvalue weighted by atomic mass is 9.76. The third kappa shape index (κ3) is 5.75. The number of aliphatic carboxylic acids is 1. The van der Waals surface area contributed by atoms with E-state index in [1.165, 1.54) is 25.7 Å². The van der Waals surface area contributed by atoms with Crippen LogP contribution in [0, 0.1) is 11.8 Å². The maximum atomic E-state index is 12.1. The molecule has 1 fully saturated rings. The van der Waals surface area contributed by atoms with Gasteiger partial charge in [-0.05, 0) is 19.3 Å². The van der Waals surface area contributed by atoms with Gasteiger partial charge < -0.3 is 5.11 Å². The van der Waals surface area contributed by atoms with E-state index in [0.717, 1.165) is 32.1 Å². The van der Waals surface area contributed by atoms with Crippen molar-refractivity contribution in [3.63, 3.8) is 0 Å². The molecule has 2 atom stereocenters. The first kappa shape index (κ1) is 16.2. The normalized spacial score (nSPS) is 23.2. The van der Waals surface area contributed by atoms with Gasteiger partial charge in [-0.2, -0.15) is 0 Å². The highest BCUT2D eigenvalue weighted by molar-refractivity contribution is 5.86. The number of carboxylic acids is 1. The Hall–Kier alpha value is -0.860. The van der Waals surface area contributed by atoms with Gasteiger partial charge in [0.15, 0.2) is 0 Å². The van der Waals surface area contributed by atoms with Gasteiger partial charge in [-0.25, -0.2) is 0 Å². The Bertz CT molecular complexity index is 286. The minimum atomic E-state index is -0.777. The van der Waals surface area contributed by atoms with Crippen molar-refractivity contribution in [3.8, 4) is 0 Å². The lowest BCUT2D eigenvalue weighted by Crippen LogP contribution is -2.32. The van der Waals surface area contributed by atoms with Crippen LogP contribution in [0.1, 0.15) is 77.6 Å². The van der Waals surface area contributed by atoms with Crippen molar-refractivity contribution in [1.29, 1.82) is 0 Å². The summed E-state index contributed by atoms with van der Waals surface area (Å²) < 4.78 is 0. The van der Waals surface area contributed by atoms with Crippen molar-refractivity contribution in [2.45, 2.75) is 77.6 Å². The van der Waals surface area contributed by atoms with Gasteiger partial charge >= 0.3 is 5.97 Å². The summed E-state index contributed by atoms with van der Waals surface area (Å²) in [6.07, 6.45) is 11.0. The lowest BCUT2D eigenvalue weighted by Gasteiger charge is -2.27. The molecule has 0 aromatic rings. The van der Waals surface area contributed by atoms with Crippen molar-refractivity contribution in [3.05, 3.63) is 0 Å². The van der Waals surface area contributed by atoms with Crippen LogP contribution in [0.2, 0.25) is 0 Å². The number of hydrogen-bond donors (Lipinski definition) is 1. The van der Waals surface area contributed by atoms with Gasteiger partial charge in [0.2, 0.25) is 0 Å². The molecular weight excluding hydrogens is 240 g/mol. The van der Waals surface area contributed by atoms with E-state index in [1.807, 2.05) is 0 Å². The van der Waals surface area contributed by atoms with Crippen LogP contribution < -0.4 is 0 Å². The molecule has 1 aliphatic carbocycles. The van der Waals surface area contributed by atoms with Crippen LogP contribution in [-0.4, -0.2) is 16.9 Å². The van der Waals surface area contributed by atoms with Gasteiger partial charge in [-0.15, -0.1) is 0 Å². The fourth-order valence-corrected chi connectivity index (χ4v) is 3.08. The Morgan fingerprint density at radius 3 is 2.16 bits per heavy atom. The van der Waals surface area contributed by atoms with Crippen LogP contribution in [0.25, 0.3) is 0 Å². The highest BCUT2D eigenvalue weighted by Gasteiger charge is 2.34. The van der Waals surface area contributed by atoms with Gasteiger partial charge in [0.1, 0.15) is 5.78 Å². The molecule has 0 amide bonds. The fourth-order valence-electron chi connectivity index (χ4n) is 3.08.